The highest BCUT2D eigenvalue weighted by Crippen LogP contribution is 2.27. The highest BCUT2D eigenvalue weighted by Gasteiger charge is 2.32. The van der Waals surface area contributed by atoms with E-state index in [1.165, 1.54) is 4.90 Å². The molecule has 6 heteroatoms. The molecule has 3 nitrogen and oxygen atoms in total. The summed E-state index contributed by atoms with van der Waals surface area (Å²) in [4.78, 5) is 16.5. The van der Waals surface area contributed by atoms with Gasteiger partial charge in [-0.15, -0.1) is 0 Å². The lowest BCUT2D eigenvalue weighted by Crippen LogP contribution is -2.30. The van der Waals surface area contributed by atoms with Crippen molar-refractivity contribution >= 4 is 5.91 Å². The number of amides is 1. The summed E-state index contributed by atoms with van der Waals surface area (Å²) in [6.07, 6.45) is -3.51. The van der Waals surface area contributed by atoms with Gasteiger partial charge in [0.2, 0.25) is 0 Å². The molecule has 0 saturated heterocycles. The summed E-state index contributed by atoms with van der Waals surface area (Å²) in [6, 6.07) is 1.97. The Bertz CT molecular complexity index is 383. The van der Waals surface area contributed by atoms with Gasteiger partial charge < -0.3 is 4.90 Å². The molecular formula is C11H13F3N2O. The molecule has 94 valence electrons. The zero-order valence-electron chi connectivity index (χ0n) is 9.58. The molecule has 1 rings (SSSR count). The molecule has 0 N–H and O–H groups in total. The normalized spacial score (nSPS) is 11.4. The summed E-state index contributed by atoms with van der Waals surface area (Å²) >= 11 is 0. The molecule has 0 atom stereocenters. The van der Waals surface area contributed by atoms with Crippen LogP contribution in [0.1, 0.15) is 29.9 Å². The lowest BCUT2D eigenvalue weighted by molar-refractivity contribution is -0.141. The maximum absolute atomic E-state index is 12.3. The number of aromatic nitrogens is 1. The minimum Gasteiger partial charge on any atom is -0.339 e. The van der Waals surface area contributed by atoms with Crippen molar-refractivity contribution < 1.29 is 18.0 Å². The summed E-state index contributed by atoms with van der Waals surface area (Å²) in [5.41, 5.74) is -0.824. The number of alkyl halides is 3. The minimum atomic E-state index is -4.48. The van der Waals surface area contributed by atoms with Gasteiger partial charge >= 0.3 is 6.18 Å². The Kier molecular flexibility index (Phi) is 4.09. The summed E-state index contributed by atoms with van der Waals surface area (Å²) in [7, 11) is 0. The van der Waals surface area contributed by atoms with E-state index in [9.17, 15) is 18.0 Å². The SMILES string of the molecule is CCN(CC)C(=O)c1ccc(C(F)(F)F)nc1. The zero-order valence-corrected chi connectivity index (χ0v) is 9.58. The van der Waals surface area contributed by atoms with Gasteiger partial charge in [-0.25, -0.2) is 0 Å². The van der Waals surface area contributed by atoms with E-state index in [-0.39, 0.29) is 11.5 Å². The van der Waals surface area contributed by atoms with Gasteiger partial charge in [0.25, 0.3) is 5.91 Å². The fourth-order valence-electron chi connectivity index (χ4n) is 1.38. The van der Waals surface area contributed by atoms with Gasteiger partial charge in [0, 0.05) is 19.3 Å². The molecule has 0 aliphatic rings. The highest BCUT2D eigenvalue weighted by molar-refractivity contribution is 5.93. The average molecular weight is 246 g/mol. The number of rotatable bonds is 3. The summed E-state index contributed by atoms with van der Waals surface area (Å²) in [5.74, 6) is -0.309. The molecule has 0 bridgehead atoms. The number of hydrogen-bond donors (Lipinski definition) is 0. The van der Waals surface area contributed by atoms with Crippen molar-refractivity contribution in [1.82, 2.24) is 9.88 Å². The van der Waals surface area contributed by atoms with Crippen LogP contribution in [0.5, 0.6) is 0 Å². The van der Waals surface area contributed by atoms with E-state index in [2.05, 4.69) is 4.98 Å². The van der Waals surface area contributed by atoms with Crippen LogP contribution in [0.4, 0.5) is 13.2 Å². The van der Waals surface area contributed by atoms with E-state index in [1.807, 2.05) is 0 Å². The smallest absolute Gasteiger partial charge is 0.339 e. The number of pyridine rings is 1. The molecule has 0 aliphatic carbocycles. The average Bonchev–Trinajstić information content (AvgIpc) is 2.29. The molecule has 1 aromatic heterocycles. The maximum Gasteiger partial charge on any atom is 0.433 e. The van der Waals surface area contributed by atoms with Gasteiger partial charge in [-0.2, -0.15) is 13.2 Å². The van der Waals surface area contributed by atoms with Crippen LogP contribution < -0.4 is 0 Å². The standard InChI is InChI=1S/C11H13F3N2O/c1-3-16(4-2)10(17)8-5-6-9(15-7-8)11(12,13)14/h5-7H,3-4H2,1-2H3. The van der Waals surface area contributed by atoms with Crippen LogP contribution in [-0.4, -0.2) is 28.9 Å². The Morgan fingerprint density at radius 2 is 1.88 bits per heavy atom. The van der Waals surface area contributed by atoms with Crippen LogP contribution in [0, 0.1) is 0 Å². The summed E-state index contributed by atoms with van der Waals surface area (Å²) in [5, 5.41) is 0. The third-order valence-corrected chi connectivity index (χ3v) is 2.35. The quantitative estimate of drug-likeness (QED) is 0.821. The first-order valence-electron chi connectivity index (χ1n) is 5.22. The molecule has 0 unspecified atom stereocenters. The first kappa shape index (κ1) is 13.5. The van der Waals surface area contributed by atoms with Gasteiger partial charge in [-0.1, -0.05) is 0 Å². The van der Waals surface area contributed by atoms with E-state index in [0.717, 1.165) is 18.3 Å². The highest BCUT2D eigenvalue weighted by atomic mass is 19.4. The molecule has 1 amide bonds. The first-order valence-corrected chi connectivity index (χ1v) is 5.22. The molecule has 0 aromatic carbocycles. The van der Waals surface area contributed by atoms with Crippen molar-refractivity contribution in [2.24, 2.45) is 0 Å². The van der Waals surface area contributed by atoms with Crippen molar-refractivity contribution in [3.05, 3.63) is 29.6 Å². The number of halogens is 3. The number of carbonyl (C=O) groups excluding carboxylic acids is 1. The maximum atomic E-state index is 12.3. The fourth-order valence-corrected chi connectivity index (χ4v) is 1.38. The topological polar surface area (TPSA) is 33.2 Å². The van der Waals surface area contributed by atoms with Gasteiger partial charge in [-0.05, 0) is 26.0 Å². The second-order valence-corrected chi connectivity index (χ2v) is 3.41. The second-order valence-electron chi connectivity index (χ2n) is 3.41. The lowest BCUT2D eigenvalue weighted by Gasteiger charge is -2.18. The third-order valence-electron chi connectivity index (χ3n) is 2.35. The van der Waals surface area contributed by atoms with E-state index >= 15 is 0 Å². The van der Waals surface area contributed by atoms with Crippen LogP contribution in [0.15, 0.2) is 18.3 Å². The van der Waals surface area contributed by atoms with Crippen LogP contribution in [0.3, 0.4) is 0 Å². The second kappa shape index (κ2) is 5.16. The van der Waals surface area contributed by atoms with E-state index in [1.54, 1.807) is 13.8 Å². The van der Waals surface area contributed by atoms with Crippen molar-refractivity contribution in [2.75, 3.05) is 13.1 Å². The largest absolute Gasteiger partial charge is 0.433 e. The molecule has 0 aliphatic heterocycles. The fraction of sp³-hybridized carbons (Fsp3) is 0.455. The predicted molar refractivity (Wildman–Crippen MR) is 56.5 cm³/mol. The van der Waals surface area contributed by atoms with Crippen LogP contribution in [0.25, 0.3) is 0 Å². The van der Waals surface area contributed by atoms with Gasteiger partial charge in [0.05, 0.1) is 5.56 Å². The Morgan fingerprint density at radius 1 is 1.29 bits per heavy atom. The Hall–Kier alpha value is -1.59. The monoisotopic (exact) mass is 246 g/mol. The zero-order chi connectivity index (χ0) is 13.1. The van der Waals surface area contributed by atoms with Gasteiger partial charge in [-0.3, -0.25) is 9.78 Å². The Morgan fingerprint density at radius 3 is 2.24 bits per heavy atom. The summed E-state index contributed by atoms with van der Waals surface area (Å²) in [6.45, 7) is 4.63. The molecular weight excluding hydrogens is 233 g/mol. The third kappa shape index (κ3) is 3.18. The van der Waals surface area contributed by atoms with Crippen molar-refractivity contribution in [3.8, 4) is 0 Å². The predicted octanol–water partition coefficient (Wildman–Crippen LogP) is 2.58. The van der Waals surface area contributed by atoms with Crippen molar-refractivity contribution in [2.45, 2.75) is 20.0 Å². The van der Waals surface area contributed by atoms with Crippen LogP contribution >= 0.6 is 0 Å². The number of carbonyl (C=O) groups is 1. The molecule has 0 radical (unpaired) electrons. The molecule has 1 heterocycles. The van der Waals surface area contributed by atoms with E-state index in [0.29, 0.717) is 13.1 Å². The number of nitrogens with zero attached hydrogens (tertiary/aromatic N) is 2. The lowest BCUT2D eigenvalue weighted by atomic mass is 10.2. The minimum absolute atomic E-state index is 0.168. The van der Waals surface area contributed by atoms with Crippen molar-refractivity contribution in [1.29, 1.82) is 0 Å². The number of hydrogen-bond acceptors (Lipinski definition) is 2. The van der Waals surface area contributed by atoms with Gasteiger partial charge in [0.1, 0.15) is 5.69 Å². The molecule has 0 fully saturated rings. The summed E-state index contributed by atoms with van der Waals surface area (Å²) < 4.78 is 36.8. The molecule has 0 spiro atoms. The van der Waals surface area contributed by atoms with Crippen LogP contribution in [-0.2, 0) is 6.18 Å². The Balaban J connectivity index is 2.91. The van der Waals surface area contributed by atoms with E-state index < -0.39 is 11.9 Å². The van der Waals surface area contributed by atoms with E-state index in [4.69, 9.17) is 0 Å². The molecule has 1 aromatic rings. The molecule has 0 saturated carbocycles. The van der Waals surface area contributed by atoms with Crippen LogP contribution in [0.2, 0.25) is 0 Å². The Labute approximate surface area is 97.3 Å². The van der Waals surface area contributed by atoms with Crippen molar-refractivity contribution in [3.63, 3.8) is 0 Å². The van der Waals surface area contributed by atoms with Gasteiger partial charge in [0.15, 0.2) is 0 Å². The molecule has 17 heavy (non-hydrogen) atoms. The first-order chi connectivity index (χ1) is 7.90.